The molecule has 0 fully saturated rings. The lowest BCUT2D eigenvalue weighted by Gasteiger charge is -2.19. The summed E-state index contributed by atoms with van der Waals surface area (Å²) in [6, 6.07) is 6.75. The number of nitrogens with one attached hydrogen (secondary N) is 1. The molecule has 1 unspecified atom stereocenters. The van der Waals surface area contributed by atoms with Crippen molar-refractivity contribution in [1.29, 1.82) is 0 Å². The molecule has 5 heteroatoms. The molecule has 1 heterocycles. The van der Waals surface area contributed by atoms with E-state index in [9.17, 15) is 0 Å². The highest BCUT2D eigenvalue weighted by Gasteiger charge is 2.11. The van der Waals surface area contributed by atoms with Crippen LogP contribution in [-0.2, 0) is 0 Å². The fraction of sp³-hybridized carbons (Fsp3) is 0.417. The number of hydrogen-bond donors (Lipinski definition) is 1. The molecule has 1 atom stereocenters. The van der Waals surface area contributed by atoms with Crippen molar-refractivity contribution < 1.29 is 0 Å². The van der Waals surface area contributed by atoms with Crippen LogP contribution in [0.5, 0.6) is 0 Å². The molecule has 3 nitrogen and oxygen atoms in total. The minimum atomic E-state index is 0.367. The van der Waals surface area contributed by atoms with Crippen LogP contribution in [0.25, 0.3) is 11.0 Å². The summed E-state index contributed by atoms with van der Waals surface area (Å²) in [4.78, 5) is 5.46. The van der Waals surface area contributed by atoms with E-state index in [4.69, 9.17) is 12.2 Å². The largest absolute Gasteiger partial charge is 0.331 e. The van der Waals surface area contributed by atoms with Crippen molar-refractivity contribution in [1.82, 2.24) is 14.5 Å². The summed E-state index contributed by atoms with van der Waals surface area (Å²) in [6.07, 6.45) is 0. The summed E-state index contributed by atoms with van der Waals surface area (Å²) in [5.41, 5.74) is 2.30. The van der Waals surface area contributed by atoms with Crippen LogP contribution < -0.4 is 0 Å². The Bertz CT molecular complexity index is 585. The highest BCUT2D eigenvalue weighted by Crippen LogP contribution is 2.21. The lowest BCUT2D eigenvalue weighted by atomic mass is 10.2. The third-order valence-electron chi connectivity index (χ3n) is 2.75. The normalized spacial score (nSPS) is 13.5. The lowest BCUT2D eigenvalue weighted by molar-refractivity contribution is 0.339. The molecule has 0 radical (unpaired) electrons. The molecule has 17 heavy (non-hydrogen) atoms. The average molecular weight is 361 g/mol. The van der Waals surface area contributed by atoms with Crippen LogP contribution in [0.4, 0.5) is 0 Å². The first-order valence-electron chi connectivity index (χ1n) is 5.53. The predicted molar refractivity (Wildman–Crippen MR) is 83.1 cm³/mol. The maximum absolute atomic E-state index is 5.41. The van der Waals surface area contributed by atoms with Gasteiger partial charge in [0.15, 0.2) is 4.77 Å². The number of aromatic nitrogens is 2. The molecule has 0 spiro atoms. The van der Waals surface area contributed by atoms with Crippen molar-refractivity contribution in [2.24, 2.45) is 0 Å². The summed E-state index contributed by atoms with van der Waals surface area (Å²) in [5.74, 6) is 0. The van der Waals surface area contributed by atoms with Crippen LogP contribution in [0.15, 0.2) is 18.2 Å². The summed E-state index contributed by atoms with van der Waals surface area (Å²) >= 11 is 7.73. The van der Waals surface area contributed by atoms with Gasteiger partial charge in [-0.3, -0.25) is 0 Å². The van der Waals surface area contributed by atoms with Crippen LogP contribution in [0.3, 0.4) is 0 Å². The van der Waals surface area contributed by atoms with Gasteiger partial charge in [0.2, 0.25) is 0 Å². The molecule has 0 amide bonds. The Kier molecular flexibility index (Phi) is 3.89. The van der Waals surface area contributed by atoms with Crippen molar-refractivity contribution in [3.05, 3.63) is 26.5 Å². The van der Waals surface area contributed by atoms with Gasteiger partial charge in [-0.05, 0) is 74.0 Å². The van der Waals surface area contributed by atoms with Gasteiger partial charge in [-0.25, -0.2) is 0 Å². The van der Waals surface area contributed by atoms with Gasteiger partial charge in [-0.2, -0.15) is 0 Å². The minimum Gasteiger partial charge on any atom is -0.331 e. The second-order valence-electron chi connectivity index (χ2n) is 4.57. The summed E-state index contributed by atoms with van der Waals surface area (Å²) in [7, 11) is 4.16. The standard InChI is InChI=1S/C12H16IN3S/c1-8(7-15(2)3)16-11-5-4-9(13)6-10(11)14-12(16)17/h4-6,8H,7H2,1-3H3,(H,14,17). The van der Waals surface area contributed by atoms with E-state index < -0.39 is 0 Å². The molecule has 92 valence electrons. The molecule has 0 aliphatic rings. The van der Waals surface area contributed by atoms with Crippen molar-refractivity contribution >= 4 is 45.8 Å². The maximum Gasteiger partial charge on any atom is 0.178 e. The van der Waals surface area contributed by atoms with E-state index in [-0.39, 0.29) is 0 Å². The topological polar surface area (TPSA) is 24.0 Å². The Morgan fingerprint density at radius 1 is 1.47 bits per heavy atom. The van der Waals surface area contributed by atoms with Gasteiger partial charge in [0, 0.05) is 16.2 Å². The maximum atomic E-state index is 5.41. The molecule has 0 bridgehead atoms. The number of hydrogen-bond acceptors (Lipinski definition) is 2. The van der Waals surface area contributed by atoms with Crippen molar-refractivity contribution in [2.45, 2.75) is 13.0 Å². The average Bonchev–Trinajstić information content (AvgIpc) is 2.51. The molecule has 0 saturated carbocycles. The first-order chi connectivity index (χ1) is 7.99. The third kappa shape index (κ3) is 2.71. The Morgan fingerprint density at radius 2 is 2.18 bits per heavy atom. The molecule has 2 rings (SSSR count). The Labute approximate surface area is 120 Å². The second-order valence-corrected chi connectivity index (χ2v) is 6.21. The van der Waals surface area contributed by atoms with Crippen LogP contribution >= 0.6 is 34.8 Å². The molecule has 1 N–H and O–H groups in total. The number of rotatable bonds is 3. The fourth-order valence-corrected chi connectivity index (χ4v) is 3.03. The van der Waals surface area contributed by atoms with Crippen LogP contribution in [0.1, 0.15) is 13.0 Å². The predicted octanol–water partition coefficient (Wildman–Crippen LogP) is 3.43. The Hall–Kier alpha value is -0.400. The molecule has 1 aromatic heterocycles. The number of benzene rings is 1. The van der Waals surface area contributed by atoms with Gasteiger partial charge < -0.3 is 14.5 Å². The van der Waals surface area contributed by atoms with E-state index in [1.807, 2.05) is 0 Å². The van der Waals surface area contributed by atoms with E-state index in [1.54, 1.807) is 0 Å². The van der Waals surface area contributed by atoms with Crippen molar-refractivity contribution in [3.63, 3.8) is 0 Å². The van der Waals surface area contributed by atoms with Crippen LogP contribution in [-0.4, -0.2) is 35.1 Å². The van der Waals surface area contributed by atoms with Crippen molar-refractivity contribution in [3.8, 4) is 0 Å². The van der Waals surface area contributed by atoms with Crippen LogP contribution in [0.2, 0.25) is 0 Å². The van der Waals surface area contributed by atoms with Gasteiger partial charge in [0.25, 0.3) is 0 Å². The Morgan fingerprint density at radius 3 is 2.82 bits per heavy atom. The molecular formula is C12H16IN3S. The lowest BCUT2D eigenvalue weighted by Crippen LogP contribution is -2.22. The molecule has 1 aromatic carbocycles. The van der Waals surface area contributed by atoms with Gasteiger partial charge in [0.1, 0.15) is 0 Å². The molecule has 0 aliphatic heterocycles. The monoisotopic (exact) mass is 361 g/mol. The van der Waals surface area contributed by atoms with E-state index in [0.717, 1.165) is 16.8 Å². The van der Waals surface area contributed by atoms with E-state index >= 15 is 0 Å². The third-order valence-corrected chi connectivity index (χ3v) is 3.72. The van der Waals surface area contributed by atoms with Gasteiger partial charge in [-0.15, -0.1) is 0 Å². The number of imidazole rings is 1. The molecule has 0 aliphatic carbocycles. The molecular weight excluding hydrogens is 345 g/mol. The molecule has 0 saturated heterocycles. The summed E-state index contributed by atoms with van der Waals surface area (Å²) < 4.78 is 4.22. The van der Waals surface area contributed by atoms with E-state index in [0.29, 0.717) is 6.04 Å². The molecule has 2 aromatic rings. The van der Waals surface area contributed by atoms with E-state index in [1.165, 1.54) is 9.09 Å². The fourth-order valence-electron chi connectivity index (χ4n) is 2.15. The minimum absolute atomic E-state index is 0.367. The van der Waals surface area contributed by atoms with Gasteiger partial charge in [0.05, 0.1) is 11.0 Å². The smallest absolute Gasteiger partial charge is 0.178 e. The first-order valence-corrected chi connectivity index (χ1v) is 7.02. The van der Waals surface area contributed by atoms with Crippen LogP contribution in [0, 0.1) is 8.34 Å². The number of H-pyrrole nitrogens is 1. The zero-order valence-corrected chi connectivity index (χ0v) is 13.2. The summed E-state index contributed by atoms with van der Waals surface area (Å²) in [6.45, 7) is 3.17. The highest BCUT2D eigenvalue weighted by molar-refractivity contribution is 14.1. The Balaban J connectivity index is 2.53. The SMILES string of the molecule is CC(CN(C)C)n1c(=S)[nH]c2cc(I)ccc21. The number of likely N-dealkylation sites (N-methyl/N-ethyl adjacent to an activating group) is 1. The number of nitrogens with zero attached hydrogens (tertiary/aromatic N) is 2. The number of aromatic amines is 1. The number of fused-ring (bicyclic) bond motifs is 1. The zero-order chi connectivity index (χ0) is 12.6. The zero-order valence-electron chi connectivity index (χ0n) is 10.2. The summed E-state index contributed by atoms with van der Waals surface area (Å²) in [5, 5.41) is 0. The van der Waals surface area contributed by atoms with Gasteiger partial charge >= 0.3 is 0 Å². The van der Waals surface area contributed by atoms with Gasteiger partial charge in [-0.1, -0.05) is 0 Å². The first kappa shape index (κ1) is 13.0. The van der Waals surface area contributed by atoms with E-state index in [2.05, 4.69) is 76.3 Å². The quantitative estimate of drug-likeness (QED) is 0.669. The number of halogens is 1. The highest BCUT2D eigenvalue weighted by atomic mass is 127. The van der Waals surface area contributed by atoms with Crippen molar-refractivity contribution in [2.75, 3.05) is 20.6 Å². The second kappa shape index (κ2) is 5.07.